The van der Waals surface area contributed by atoms with Gasteiger partial charge in [0.05, 0.1) is 11.7 Å². The smallest absolute Gasteiger partial charge is 0.326 e. The number of nitrogens with zero attached hydrogens (tertiary/aromatic N) is 3. The summed E-state index contributed by atoms with van der Waals surface area (Å²) in [4.78, 5) is 24.1. The van der Waals surface area contributed by atoms with Crippen molar-refractivity contribution in [2.45, 2.75) is 44.0 Å². The fourth-order valence-electron chi connectivity index (χ4n) is 3.44. The van der Waals surface area contributed by atoms with E-state index in [-0.39, 0.29) is 29.8 Å². The Labute approximate surface area is 173 Å². The molecule has 11 heteroatoms. The fourth-order valence-corrected chi connectivity index (χ4v) is 5.66. The normalized spacial score (nSPS) is 18.4. The van der Waals surface area contributed by atoms with Crippen LogP contribution in [0.25, 0.3) is 11.0 Å². The summed E-state index contributed by atoms with van der Waals surface area (Å²) >= 11 is 0.962. The number of hydrogen-bond acceptors (Lipinski definition) is 7. The van der Waals surface area contributed by atoms with Gasteiger partial charge in [-0.15, -0.1) is 0 Å². The summed E-state index contributed by atoms with van der Waals surface area (Å²) in [5, 5.41) is 12.0. The topological polar surface area (TPSA) is 130 Å². The molecule has 0 spiro atoms. The van der Waals surface area contributed by atoms with Gasteiger partial charge in [-0.1, -0.05) is 26.3 Å². The summed E-state index contributed by atoms with van der Waals surface area (Å²) in [6.07, 6.45) is 1.30. The van der Waals surface area contributed by atoms with E-state index in [4.69, 9.17) is 0 Å². The number of carbonyl (C=O) groups excluding carboxylic acids is 1. The molecule has 29 heavy (non-hydrogen) atoms. The molecule has 0 saturated carbocycles. The lowest BCUT2D eigenvalue weighted by Crippen LogP contribution is -2.49. The highest BCUT2D eigenvalue weighted by Gasteiger charge is 2.35. The number of carbonyl (C=O) groups is 2. The first-order valence-corrected chi connectivity index (χ1v) is 11.7. The maximum atomic E-state index is 13.1. The molecule has 9 nitrogen and oxygen atoms in total. The van der Waals surface area contributed by atoms with Gasteiger partial charge in [0, 0.05) is 19.0 Å². The van der Waals surface area contributed by atoms with Crippen LogP contribution < -0.4 is 5.32 Å². The lowest BCUT2D eigenvalue weighted by atomic mass is 9.94. The van der Waals surface area contributed by atoms with Gasteiger partial charge in [-0.05, 0) is 30.9 Å². The number of sulfonamides is 1. The van der Waals surface area contributed by atoms with Crippen molar-refractivity contribution in [3.63, 3.8) is 0 Å². The zero-order chi connectivity index (χ0) is 21.2. The number of aromatic nitrogens is 2. The number of benzene rings is 1. The second-order valence-corrected chi connectivity index (χ2v) is 9.71. The molecule has 1 amide bonds. The van der Waals surface area contributed by atoms with Crippen LogP contribution in [0.2, 0.25) is 0 Å². The van der Waals surface area contributed by atoms with Crippen LogP contribution in [-0.4, -0.2) is 57.6 Å². The molecule has 1 aromatic heterocycles. The number of rotatable bonds is 7. The Kier molecular flexibility index (Phi) is 6.49. The zero-order valence-electron chi connectivity index (χ0n) is 16.2. The quantitative estimate of drug-likeness (QED) is 0.670. The van der Waals surface area contributed by atoms with Crippen LogP contribution in [0.3, 0.4) is 0 Å². The highest BCUT2D eigenvalue weighted by molar-refractivity contribution is 7.89. The summed E-state index contributed by atoms with van der Waals surface area (Å²) in [7, 11) is -3.75. The van der Waals surface area contributed by atoms with Gasteiger partial charge < -0.3 is 10.4 Å². The second-order valence-electron chi connectivity index (χ2n) is 7.28. The lowest BCUT2D eigenvalue weighted by molar-refractivity contribution is -0.144. The van der Waals surface area contributed by atoms with Gasteiger partial charge in [-0.25, -0.2) is 13.2 Å². The van der Waals surface area contributed by atoms with Crippen LogP contribution >= 0.6 is 11.7 Å². The molecule has 0 aliphatic carbocycles. The number of nitrogens with one attached hydrogen (secondary N) is 1. The number of hydrogen-bond donors (Lipinski definition) is 2. The van der Waals surface area contributed by atoms with Gasteiger partial charge in [0.15, 0.2) is 0 Å². The van der Waals surface area contributed by atoms with E-state index in [0.29, 0.717) is 30.3 Å². The minimum atomic E-state index is -3.75. The summed E-state index contributed by atoms with van der Waals surface area (Å²) < 4.78 is 35.7. The molecule has 0 radical (unpaired) electrons. The van der Waals surface area contributed by atoms with Crippen molar-refractivity contribution in [3.05, 3.63) is 18.2 Å². The van der Waals surface area contributed by atoms with Crippen molar-refractivity contribution in [2.24, 2.45) is 11.8 Å². The van der Waals surface area contributed by atoms with Crippen molar-refractivity contribution in [3.8, 4) is 0 Å². The van der Waals surface area contributed by atoms with Gasteiger partial charge in [0.1, 0.15) is 22.0 Å². The lowest BCUT2D eigenvalue weighted by Gasteiger charge is -2.31. The molecule has 1 saturated heterocycles. The van der Waals surface area contributed by atoms with E-state index < -0.39 is 28.0 Å². The summed E-state index contributed by atoms with van der Waals surface area (Å²) in [6.45, 7) is 4.03. The SMILES string of the molecule is CCC(C)[C@@H](NC(=O)C1CCN(S(=O)(=O)c2cccc3nsnc23)CC1)C(=O)O. The Morgan fingerprint density at radius 1 is 1.31 bits per heavy atom. The van der Waals surface area contributed by atoms with Gasteiger partial charge >= 0.3 is 5.97 Å². The third-order valence-corrected chi connectivity index (χ3v) is 7.94. The van der Waals surface area contributed by atoms with E-state index in [9.17, 15) is 23.1 Å². The molecule has 1 aliphatic heterocycles. The molecule has 2 heterocycles. The number of carboxylic acids is 1. The monoisotopic (exact) mass is 440 g/mol. The number of amides is 1. The van der Waals surface area contributed by atoms with Crippen LogP contribution in [0.1, 0.15) is 33.1 Å². The Hall–Kier alpha value is -2.11. The molecule has 1 fully saturated rings. The van der Waals surface area contributed by atoms with E-state index in [1.807, 2.05) is 6.92 Å². The molecule has 1 aliphatic rings. The number of aliphatic carboxylic acids is 1. The van der Waals surface area contributed by atoms with Crippen LogP contribution in [0.4, 0.5) is 0 Å². The fraction of sp³-hybridized carbons (Fsp3) is 0.556. The highest BCUT2D eigenvalue weighted by Crippen LogP contribution is 2.28. The third-order valence-electron chi connectivity index (χ3n) is 5.47. The molecule has 3 rings (SSSR count). The minimum absolute atomic E-state index is 0.120. The largest absolute Gasteiger partial charge is 0.480 e. The first-order chi connectivity index (χ1) is 13.8. The molecular formula is C18H24N4O5S2. The first kappa shape index (κ1) is 21.6. The van der Waals surface area contributed by atoms with Crippen molar-refractivity contribution >= 4 is 44.7 Å². The van der Waals surface area contributed by atoms with E-state index in [1.54, 1.807) is 19.1 Å². The predicted octanol–water partition coefficient (Wildman–Crippen LogP) is 1.71. The summed E-state index contributed by atoms with van der Waals surface area (Å²) in [5.41, 5.74) is 0.894. The van der Waals surface area contributed by atoms with Gasteiger partial charge in [0.2, 0.25) is 15.9 Å². The Morgan fingerprint density at radius 3 is 2.62 bits per heavy atom. The Bertz CT molecular complexity index is 999. The van der Waals surface area contributed by atoms with Crippen LogP contribution in [0.15, 0.2) is 23.1 Å². The maximum Gasteiger partial charge on any atom is 0.326 e. The molecule has 0 bridgehead atoms. The predicted molar refractivity (Wildman–Crippen MR) is 108 cm³/mol. The second kappa shape index (κ2) is 8.72. The average molecular weight is 441 g/mol. The molecule has 2 aromatic rings. The Morgan fingerprint density at radius 2 is 2.00 bits per heavy atom. The van der Waals surface area contributed by atoms with E-state index in [2.05, 4.69) is 14.1 Å². The van der Waals surface area contributed by atoms with Crippen molar-refractivity contribution in [2.75, 3.05) is 13.1 Å². The Balaban J connectivity index is 1.68. The minimum Gasteiger partial charge on any atom is -0.480 e. The highest BCUT2D eigenvalue weighted by atomic mass is 32.2. The zero-order valence-corrected chi connectivity index (χ0v) is 17.9. The standard InChI is InChI=1S/C18H24N4O5S2/c1-3-11(2)15(18(24)25)19-17(23)12-7-9-22(10-8-12)29(26,27)14-6-4-5-13-16(14)21-28-20-13/h4-6,11-12,15H,3,7-10H2,1-2H3,(H,19,23)(H,24,25)/t11?,15-/m1/s1. The van der Waals surface area contributed by atoms with Gasteiger partial charge in [-0.2, -0.15) is 13.1 Å². The molecule has 1 unspecified atom stereocenters. The van der Waals surface area contributed by atoms with E-state index in [1.165, 1.54) is 10.4 Å². The molecule has 158 valence electrons. The first-order valence-electron chi connectivity index (χ1n) is 9.50. The van der Waals surface area contributed by atoms with Crippen LogP contribution in [-0.2, 0) is 19.6 Å². The van der Waals surface area contributed by atoms with Crippen molar-refractivity contribution in [1.82, 2.24) is 18.4 Å². The molecule has 2 N–H and O–H groups in total. The van der Waals surface area contributed by atoms with Gasteiger partial charge in [-0.3, -0.25) is 4.79 Å². The molecular weight excluding hydrogens is 416 g/mol. The number of fused-ring (bicyclic) bond motifs is 1. The maximum absolute atomic E-state index is 13.1. The van der Waals surface area contributed by atoms with Crippen molar-refractivity contribution < 1.29 is 23.1 Å². The van der Waals surface area contributed by atoms with Crippen LogP contribution in [0, 0.1) is 11.8 Å². The van der Waals surface area contributed by atoms with E-state index >= 15 is 0 Å². The summed E-state index contributed by atoms with van der Waals surface area (Å²) in [6, 6.07) is 3.92. The van der Waals surface area contributed by atoms with E-state index in [0.717, 1.165) is 11.7 Å². The number of piperidine rings is 1. The summed E-state index contributed by atoms with van der Waals surface area (Å²) in [5.74, 6) is -1.99. The number of carboxylic acid groups (broad SMARTS) is 1. The third kappa shape index (κ3) is 4.41. The van der Waals surface area contributed by atoms with Gasteiger partial charge in [0.25, 0.3) is 0 Å². The van der Waals surface area contributed by atoms with Crippen LogP contribution in [0.5, 0.6) is 0 Å². The average Bonchev–Trinajstić information content (AvgIpc) is 3.19. The molecule has 2 atom stereocenters. The van der Waals surface area contributed by atoms with Crippen molar-refractivity contribution in [1.29, 1.82) is 0 Å². The molecule has 1 aromatic carbocycles.